The Morgan fingerprint density at radius 3 is 2.21 bits per heavy atom. The Labute approximate surface area is 175 Å². The van der Waals surface area contributed by atoms with Crippen LogP contribution in [-0.2, 0) is 16.0 Å². The number of aryl methyl sites for hydroxylation is 3. The van der Waals surface area contributed by atoms with Gasteiger partial charge in [0.1, 0.15) is 5.03 Å². The number of hydrogen-bond acceptors (Lipinski definition) is 4. The van der Waals surface area contributed by atoms with E-state index >= 15 is 0 Å². The molecule has 1 aromatic heterocycles. The predicted molar refractivity (Wildman–Crippen MR) is 121 cm³/mol. The summed E-state index contributed by atoms with van der Waals surface area (Å²) >= 11 is 1.46. The van der Waals surface area contributed by atoms with Crippen LogP contribution in [0.1, 0.15) is 30.5 Å². The molecular weight excluding hydrogens is 382 g/mol. The largest absolute Gasteiger partial charge is 0.326 e. The van der Waals surface area contributed by atoms with Crippen LogP contribution in [-0.4, -0.2) is 22.6 Å². The molecule has 2 amide bonds. The van der Waals surface area contributed by atoms with Gasteiger partial charge in [-0.1, -0.05) is 18.7 Å². The van der Waals surface area contributed by atoms with Crippen molar-refractivity contribution in [2.24, 2.45) is 0 Å². The smallest absolute Gasteiger partial charge is 0.234 e. The molecule has 0 saturated heterocycles. The number of fused-ring (bicyclic) bond motifs is 1. The number of carbonyl (C=O) groups is 2. The minimum Gasteiger partial charge on any atom is -0.326 e. The van der Waals surface area contributed by atoms with Crippen molar-refractivity contribution in [3.05, 3.63) is 59.2 Å². The molecule has 0 aliphatic rings. The molecule has 0 radical (unpaired) electrons. The Bertz CT molecular complexity index is 1060. The van der Waals surface area contributed by atoms with Crippen molar-refractivity contribution in [1.29, 1.82) is 0 Å². The number of amides is 2. The van der Waals surface area contributed by atoms with Gasteiger partial charge in [0.25, 0.3) is 0 Å². The minimum absolute atomic E-state index is 0.0914. The number of carbonyl (C=O) groups excluding carboxylic acids is 2. The SMILES string of the molecule is CCc1cc2cc(C)c(C)cc2nc1SCC(=O)Nc1ccc(NC(C)=O)cc1. The van der Waals surface area contributed by atoms with Gasteiger partial charge in [0.2, 0.25) is 11.8 Å². The third-order valence-electron chi connectivity index (χ3n) is 4.68. The van der Waals surface area contributed by atoms with E-state index in [0.717, 1.165) is 27.9 Å². The molecule has 0 bridgehead atoms. The second kappa shape index (κ2) is 9.09. The Morgan fingerprint density at radius 1 is 0.966 bits per heavy atom. The molecule has 3 rings (SSSR count). The van der Waals surface area contributed by atoms with E-state index in [0.29, 0.717) is 11.4 Å². The van der Waals surface area contributed by atoms with Gasteiger partial charge in [0.15, 0.2) is 0 Å². The van der Waals surface area contributed by atoms with Gasteiger partial charge < -0.3 is 10.6 Å². The highest BCUT2D eigenvalue weighted by Gasteiger charge is 2.11. The lowest BCUT2D eigenvalue weighted by Crippen LogP contribution is -2.14. The molecule has 2 aromatic carbocycles. The molecule has 2 N–H and O–H groups in total. The van der Waals surface area contributed by atoms with Gasteiger partial charge in [-0.25, -0.2) is 4.98 Å². The number of benzene rings is 2. The quantitative estimate of drug-likeness (QED) is 0.558. The first-order valence-corrected chi connectivity index (χ1v) is 10.6. The van der Waals surface area contributed by atoms with Crippen molar-refractivity contribution >= 4 is 45.9 Å². The van der Waals surface area contributed by atoms with E-state index in [1.165, 1.54) is 29.8 Å². The van der Waals surface area contributed by atoms with E-state index in [1.807, 2.05) is 0 Å². The van der Waals surface area contributed by atoms with Crippen molar-refractivity contribution in [3.8, 4) is 0 Å². The first kappa shape index (κ1) is 20.9. The molecule has 0 spiro atoms. The second-order valence-corrected chi connectivity index (χ2v) is 7.99. The number of aromatic nitrogens is 1. The Kier molecular flexibility index (Phi) is 6.54. The van der Waals surface area contributed by atoms with Crippen molar-refractivity contribution in [3.63, 3.8) is 0 Å². The maximum Gasteiger partial charge on any atom is 0.234 e. The number of anilines is 2. The van der Waals surface area contributed by atoms with Crippen LogP contribution in [0.4, 0.5) is 11.4 Å². The van der Waals surface area contributed by atoms with Crippen molar-refractivity contribution < 1.29 is 9.59 Å². The fourth-order valence-electron chi connectivity index (χ4n) is 3.02. The standard InChI is InChI=1S/C23H25N3O2S/c1-5-17-12-18-10-14(2)15(3)11-21(18)26-23(17)29-13-22(28)25-20-8-6-19(7-9-20)24-16(4)27/h6-12H,5,13H2,1-4H3,(H,24,27)(H,25,28). The molecule has 0 unspecified atom stereocenters. The van der Waals surface area contributed by atoms with E-state index in [9.17, 15) is 9.59 Å². The van der Waals surface area contributed by atoms with Gasteiger partial charge in [-0.15, -0.1) is 0 Å². The first-order valence-electron chi connectivity index (χ1n) is 9.57. The third-order valence-corrected chi connectivity index (χ3v) is 5.71. The summed E-state index contributed by atoms with van der Waals surface area (Å²) < 4.78 is 0. The number of rotatable bonds is 6. The summed E-state index contributed by atoms with van der Waals surface area (Å²) in [7, 11) is 0. The number of pyridine rings is 1. The summed E-state index contributed by atoms with van der Waals surface area (Å²) in [6.07, 6.45) is 0.866. The first-order chi connectivity index (χ1) is 13.9. The van der Waals surface area contributed by atoms with Crippen molar-refractivity contribution in [2.75, 3.05) is 16.4 Å². The molecule has 0 aliphatic carbocycles. The number of hydrogen-bond donors (Lipinski definition) is 2. The fraction of sp³-hybridized carbons (Fsp3) is 0.261. The molecule has 0 atom stereocenters. The van der Waals surface area contributed by atoms with Gasteiger partial charge in [-0.2, -0.15) is 0 Å². The third kappa shape index (κ3) is 5.35. The average molecular weight is 408 g/mol. The predicted octanol–water partition coefficient (Wildman–Crippen LogP) is 5.10. The molecule has 1 heterocycles. The fourth-order valence-corrected chi connectivity index (χ4v) is 3.91. The molecule has 3 aromatic rings. The van der Waals surface area contributed by atoms with Crippen molar-refractivity contribution in [2.45, 2.75) is 39.1 Å². The van der Waals surface area contributed by atoms with Gasteiger partial charge in [-0.05, 0) is 79.4 Å². The van der Waals surface area contributed by atoms with E-state index < -0.39 is 0 Å². The van der Waals surface area contributed by atoms with E-state index in [-0.39, 0.29) is 17.6 Å². The van der Waals surface area contributed by atoms with Crippen LogP contribution in [0.3, 0.4) is 0 Å². The molecule has 150 valence electrons. The highest BCUT2D eigenvalue weighted by Crippen LogP contribution is 2.27. The maximum absolute atomic E-state index is 12.4. The monoisotopic (exact) mass is 407 g/mol. The van der Waals surface area contributed by atoms with Crippen molar-refractivity contribution in [1.82, 2.24) is 4.98 Å². The number of nitrogens with zero attached hydrogens (tertiary/aromatic N) is 1. The lowest BCUT2D eigenvalue weighted by Gasteiger charge is -2.11. The zero-order chi connectivity index (χ0) is 21.0. The van der Waals surface area contributed by atoms with Gasteiger partial charge >= 0.3 is 0 Å². The highest BCUT2D eigenvalue weighted by molar-refractivity contribution is 8.00. The van der Waals surface area contributed by atoms with Gasteiger partial charge in [-0.3, -0.25) is 9.59 Å². The van der Waals surface area contributed by atoms with Crippen LogP contribution in [0.2, 0.25) is 0 Å². The summed E-state index contributed by atoms with van der Waals surface area (Å²) in [5.74, 6) is 0.0635. The molecule has 5 nitrogen and oxygen atoms in total. The van der Waals surface area contributed by atoms with E-state index in [2.05, 4.69) is 49.6 Å². The molecule has 0 aliphatic heterocycles. The summed E-state index contributed by atoms with van der Waals surface area (Å²) in [4.78, 5) is 28.3. The van der Waals surface area contributed by atoms with Gasteiger partial charge in [0, 0.05) is 23.7 Å². The van der Waals surface area contributed by atoms with E-state index in [1.54, 1.807) is 24.3 Å². The summed E-state index contributed by atoms with van der Waals surface area (Å²) in [6.45, 7) is 7.75. The van der Waals surface area contributed by atoms with Crippen LogP contribution in [0, 0.1) is 13.8 Å². The lowest BCUT2D eigenvalue weighted by atomic mass is 10.0. The molecule has 0 saturated carbocycles. The van der Waals surface area contributed by atoms with Crippen LogP contribution in [0.25, 0.3) is 10.9 Å². The summed E-state index contributed by atoms with van der Waals surface area (Å²) in [6, 6.07) is 13.5. The molecule has 29 heavy (non-hydrogen) atoms. The van der Waals surface area contributed by atoms with E-state index in [4.69, 9.17) is 4.98 Å². The summed E-state index contributed by atoms with van der Waals surface area (Å²) in [5, 5.41) is 7.63. The molecule has 0 fully saturated rings. The van der Waals surface area contributed by atoms with Gasteiger partial charge in [0.05, 0.1) is 11.3 Å². The second-order valence-electron chi connectivity index (χ2n) is 7.03. The summed E-state index contributed by atoms with van der Waals surface area (Å²) in [5.41, 5.74) is 5.97. The van der Waals surface area contributed by atoms with Crippen LogP contribution < -0.4 is 10.6 Å². The zero-order valence-electron chi connectivity index (χ0n) is 17.1. The number of nitrogens with one attached hydrogen (secondary N) is 2. The normalized spacial score (nSPS) is 10.8. The molecule has 6 heteroatoms. The van der Waals surface area contributed by atoms with Crippen LogP contribution >= 0.6 is 11.8 Å². The maximum atomic E-state index is 12.4. The lowest BCUT2D eigenvalue weighted by molar-refractivity contribution is -0.114. The van der Waals surface area contributed by atoms with Crippen LogP contribution in [0.5, 0.6) is 0 Å². The average Bonchev–Trinajstić information content (AvgIpc) is 2.68. The molecular formula is C23H25N3O2S. The Balaban J connectivity index is 1.68. The Morgan fingerprint density at radius 2 is 1.59 bits per heavy atom. The highest BCUT2D eigenvalue weighted by atomic mass is 32.2. The topological polar surface area (TPSA) is 71.1 Å². The minimum atomic E-state index is -0.127. The Hall–Kier alpha value is -2.86. The van der Waals surface area contributed by atoms with Crippen LogP contribution in [0.15, 0.2) is 47.5 Å². The number of thioether (sulfide) groups is 1. The zero-order valence-corrected chi connectivity index (χ0v) is 17.9.